The van der Waals surface area contributed by atoms with E-state index in [-0.39, 0.29) is 5.78 Å². The van der Waals surface area contributed by atoms with Gasteiger partial charge in [0.1, 0.15) is 5.65 Å². The Hall–Kier alpha value is -3.99. The molecule has 28 heavy (non-hydrogen) atoms. The first kappa shape index (κ1) is 17.4. The predicted molar refractivity (Wildman–Crippen MR) is 110 cm³/mol. The molecule has 0 spiro atoms. The molecule has 0 unspecified atom stereocenters. The van der Waals surface area contributed by atoms with Crippen LogP contribution in [0.25, 0.3) is 28.2 Å². The van der Waals surface area contributed by atoms with Crippen molar-refractivity contribution in [3.8, 4) is 11.1 Å². The number of primary amides is 1. The number of benzene rings is 2. The number of nitrogens with one attached hydrogen (secondary N) is 1. The Labute approximate surface area is 161 Å². The van der Waals surface area contributed by atoms with Gasteiger partial charge in [-0.2, -0.15) is 0 Å². The number of pyridine rings is 1. The van der Waals surface area contributed by atoms with Crippen LogP contribution in [0.5, 0.6) is 0 Å². The van der Waals surface area contributed by atoms with Crippen molar-refractivity contribution in [1.82, 2.24) is 9.97 Å². The van der Waals surface area contributed by atoms with Crippen LogP contribution in [-0.4, -0.2) is 21.7 Å². The monoisotopic (exact) mass is 367 g/mol. The fourth-order valence-electron chi connectivity index (χ4n) is 3.06. The molecule has 0 aliphatic carbocycles. The Morgan fingerprint density at radius 3 is 2.36 bits per heavy atom. The van der Waals surface area contributed by atoms with Gasteiger partial charge in [0.25, 0.3) is 0 Å². The summed E-state index contributed by atoms with van der Waals surface area (Å²) in [6.07, 6.45) is 6.53. The number of nitrogens with two attached hydrogens (primary N) is 1. The zero-order valence-corrected chi connectivity index (χ0v) is 14.9. The number of amides is 1. The minimum Gasteiger partial charge on any atom is -0.366 e. The molecule has 2 aromatic heterocycles. The summed E-state index contributed by atoms with van der Waals surface area (Å²) in [6.45, 7) is 0. The van der Waals surface area contributed by atoms with Crippen LogP contribution < -0.4 is 5.73 Å². The molecule has 4 rings (SSSR count). The Kier molecular flexibility index (Phi) is 4.56. The number of fused-ring (bicyclic) bond motifs is 1. The normalized spacial score (nSPS) is 11.1. The van der Waals surface area contributed by atoms with Crippen molar-refractivity contribution < 1.29 is 9.59 Å². The highest BCUT2D eigenvalue weighted by atomic mass is 16.1. The molecular weight excluding hydrogens is 350 g/mol. The number of nitrogens with zero attached hydrogens (tertiary/aromatic N) is 1. The van der Waals surface area contributed by atoms with Crippen LogP contribution in [0, 0.1) is 0 Å². The summed E-state index contributed by atoms with van der Waals surface area (Å²) < 4.78 is 0. The molecule has 5 nitrogen and oxygen atoms in total. The number of H-pyrrole nitrogens is 1. The number of hydrogen-bond acceptors (Lipinski definition) is 3. The molecule has 0 radical (unpaired) electrons. The SMILES string of the molecule is NC(=O)C=Cc1c[nH]c2ncc(-c3ccc(C(=O)c4ccccc4)cc3)cc12. The van der Waals surface area contributed by atoms with Gasteiger partial charge in [0.2, 0.25) is 5.91 Å². The molecule has 2 aromatic carbocycles. The molecule has 0 fully saturated rings. The summed E-state index contributed by atoms with van der Waals surface area (Å²) in [5, 5.41) is 0.888. The topological polar surface area (TPSA) is 88.8 Å². The zero-order valence-electron chi connectivity index (χ0n) is 14.9. The summed E-state index contributed by atoms with van der Waals surface area (Å²) in [5.74, 6) is -0.512. The highest BCUT2D eigenvalue weighted by Gasteiger charge is 2.10. The van der Waals surface area contributed by atoms with Gasteiger partial charge >= 0.3 is 0 Å². The van der Waals surface area contributed by atoms with Crippen molar-refractivity contribution in [3.63, 3.8) is 0 Å². The van der Waals surface area contributed by atoms with E-state index in [0.717, 1.165) is 27.7 Å². The van der Waals surface area contributed by atoms with Gasteiger partial charge < -0.3 is 10.7 Å². The van der Waals surface area contributed by atoms with Crippen molar-refractivity contribution in [3.05, 3.63) is 95.8 Å². The van der Waals surface area contributed by atoms with E-state index >= 15 is 0 Å². The third-order valence-electron chi connectivity index (χ3n) is 4.51. The maximum atomic E-state index is 12.5. The van der Waals surface area contributed by atoms with E-state index in [1.807, 2.05) is 48.5 Å². The van der Waals surface area contributed by atoms with E-state index < -0.39 is 5.91 Å². The van der Waals surface area contributed by atoms with Crippen molar-refractivity contribution in [2.45, 2.75) is 0 Å². The van der Waals surface area contributed by atoms with Crippen LogP contribution in [0.1, 0.15) is 21.5 Å². The minimum atomic E-state index is -0.503. The van der Waals surface area contributed by atoms with Crippen molar-refractivity contribution in [2.75, 3.05) is 0 Å². The van der Waals surface area contributed by atoms with Gasteiger partial charge in [-0.25, -0.2) is 4.98 Å². The summed E-state index contributed by atoms with van der Waals surface area (Å²) in [5.41, 5.74) is 9.90. The quantitative estimate of drug-likeness (QED) is 0.413. The number of carbonyl (C=O) groups excluding carboxylic acids is 2. The molecule has 0 saturated heterocycles. The van der Waals surface area contributed by atoms with Crippen LogP contribution in [0.3, 0.4) is 0 Å². The van der Waals surface area contributed by atoms with Gasteiger partial charge in [0, 0.05) is 46.1 Å². The molecule has 0 atom stereocenters. The molecule has 4 aromatic rings. The lowest BCUT2D eigenvalue weighted by atomic mass is 9.99. The molecule has 0 aliphatic rings. The van der Waals surface area contributed by atoms with E-state index in [1.54, 1.807) is 30.6 Å². The Morgan fingerprint density at radius 2 is 1.64 bits per heavy atom. The lowest BCUT2D eigenvalue weighted by molar-refractivity contribution is -0.113. The predicted octanol–water partition coefficient (Wildman–Crippen LogP) is 3.96. The third kappa shape index (κ3) is 3.46. The largest absolute Gasteiger partial charge is 0.366 e. The van der Waals surface area contributed by atoms with Gasteiger partial charge in [0.05, 0.1) is 0 Å². The standard InChI is InChI=1S/C23H17N3O2/c24-21(27)11-10-18-13-25-23-20(18)12-19(14-26-23)15-6-8-17(9-7-15)22(28)16-4-2-1-3-5-16/h1-14H,(H2,24,27)(H,25,26). The van der Waals surface area contributed by atoms with Gasteiger partial charge in [-0.1, -0.05) is 54.6 Å². The maximum absolute atomic E-state index is 12.5. The first-order valence-electron chi connectivity index (χ1n) is 8.76. The van der Waals surface area contributed by atoms with Crippen molar-refractivity contribution in [1.29, 1.82) is 0 Å². The minimum absolute atomic E-state index is 0.00904. The highest BCUT2D eigenvalue weighted by Crippen LogP contribution is 2.26. The molecule has 0 saturated carbocycles. The first-order valence-corrected chi connectivity index (χ1v) is 8.76. The maximum Gasteiger partial charge on any atom is 0.241 e. The van der Waals surface area contributed by atoms with Crippen LogP contribution in [0.2, 0.25) is 0 Å². The number of aromatic nitrogens is 2. The summed E-state index contributed by atoms with van der Waals surface area (Å²) in [4.78, 5) is 31.0. The number of aromatic amines is 1. The average Bonchev–Trinajstić information content (AvgIpc) is 3.14. The van der Waals surface area contributed by atoms with Crippen molar-refractivity contribution >= 4 is 28.8 Å². The van der Waals surface area contributed by atoms with Gasteiger partial charge in [-0.15, -0.1) is 0 Å². The van der Waals surface area contributed by atoms with Crippen LogP contribution >= 0.6 is 0 Å². The fourth-order valence-corrected chi connectivity index (χ4v) is 3.06. The third-order valence-corrected chi connectivity index (χ3v) is 4.51. The summed E-state index contributed by atoms with van der Waals surface area (Å²) >= 11 is 0. The smallest absolute Gasteiger partial charge is 0.241 e. The van der Waals surface area contributed by atoms with E-state index in [4.69, 9.17) is 5.73 Å². The number of rotatable bonds is 5. The molecule has 2 heterocycles. The summed E-state index contributed by atoms with van der Waals surface area (Å²) in [7, 11) is 0. The van der Waals surface area contributed by atoms with Crippen LogP contribution in [-0.2, 0) is 4.79 Å². The van der Waals surface area contributed by atoms with E-state index in [9.17, 15) is 9.59 Å². The zero-order chi connectivity index (χ0) is 19.5. The highest BCUT2D eigenvalue weighted by molar-refractivity contribution is 6.09. The lowest BCUT2D eigenvalue weighted by Gasteiger charge is -2.05. The lowest BCUT2D eigenvalue weighted by Crippen LogP contribution is -2.04. The van der Waals surface area contributed by atoms with Gasteiger partial charge in [-0.3, -0.25) is 9.59 Å². The van der Waals surface area contributed by atoms with Crippen LogP contribution in [0.15, 0.2) is 79.1 Å². The Bertz CT molecular complexity index is 1190. The Balaban J connectivity index is 1.65. The Morgan fingerprint density at radius 1 is 0.929 bits per heavy atom. The summed E-state index contributed by atoms with van der Waals surface area (Å²) in [6, 6.07) is 18.6. The molecular formula is C23H17N3O2. The number of carbonyl (C=O) groups is 2. The molecule has 0 aliphatic heterocycles. The van der Waals surface area contributed by atoms with Gasteiger partial charge in [0.15, 0.2) is 5.78 Å². The number of ketones is 1. The fraction of sp³-hybridized carbons (Fsp3) is 0. The number of hydrogen-bond donors (Lipinski definition) is 2. The average molecular weight is 367 g/mol. The van der Waals surface area contributed by atoms with Crippen molar-refractivity contribution in [2.24, 2.45) is 5.73 Å². The van der Waals surface area contributed by atoms with Gasteiger partial charge in [-0.05, 0) is 17.7 Å². The molecule has 3 N–H and O–H groups in total. The van der Waals surface area contributed by atoms with Crippen LogP contribution in [0.4, 0.5) is 0 Å². The molecule has 5 heteroatoms. The second-order valence-electron chi connectivity index (χ2n) is 6.37. The van der Waals surface area contributed by atoms with E-state index in [2.05, 4.69) is 9.97 Å². The van der Waals surface area contributed by atoms with E-state index in [1.165, 1.54) is 6.08 Å². The van der Waals surface area contributed by atoms with E-state index in [0.29, 0.717) is 11.1 Å². The second-order valence-corrected chi connectivity index (χ2v) is 6.37. The second kappa shape index (κ2) is 7.32. The molecule has 0 bridgehead atoms. The molecule has 136 valence electrons. The molecule has 1 amide bonds. The first-order chi connectivity index (χ1) is 13.6.